The molecule has 4 unspecified atom stereocenters. The molecule has 1 rings (SSSR count). The Labute approximate surface area is 108 Å². The van der Waals surface area contributed by atoms with Crippen LogP contribution in [0.5, 0.6) is 0 Å². The van der Waals surface area contributed by atoms with Crippen molar-refractivity contribution in [3.63, 3.8) is 0 Å². The molecule has 0 aromatic rings. The largest absolute Gasteiger partial charge is 0.395 e. The molecular weight excluding hydrogens is 236 g/mol. The molecule has 1 heterocycles. The van der Waals surface area contributed by atoms with Crippen LogP contribution in [0, 0.1) is 5.92 Å². The van der Waals surface area contributed by atoms with E-state index >= 15 is 0 Å². The molecule has 0 aromatic heterocycles. The van der Waals surface area contributed by atoms with Crippen LogP contribution in [0.25, 0.3) is 0 Å². The Morgan fingerprint density at radius 3 is 2.88 bits per heavy atom. The lowest BCUT2D eigenvalue weighted by atomic mass is 9.92. The maximum absolute atomic E-state index is 12.1. The first-order valence-corrected chi connectivity index (χ1v) is 7.56. The third-order valence-electron chi connectivity index (χ3n) is 3.46. The summed E-state index contributed by atoms with van der Waals surface area (Å²) in [5, 5.41) is 15.5. The van der Waals surface area contributed by atoms with Gasteiger partial charge in [0.15, 0.2) is 0 Å². The van der Waals surface area contributed by atoms with Gasteiger partial charge in [-0.25, -0.2) is 0 Å². The number of rotatable bonds is 5. The Kier molecular flexibility index (Phi) is 6.30. The Morgan fingerprint density at radius 2 is 2.35 bits per heavy atom. The number of aliphatic hydroxyl groups is 1. The molecule has 0 spiro atoms. The van der Waals surface area contributed by atoms with E-state index in [0.29, 0.717) is 5.92 Å². The van der Waals surface area contributed by atoms with Crippen molar-refractivity contribution in [2.75, 3.05) is 19.4 Å². The number of piperidine rings is 1. The highest BCUT2D eigenvalue weighted by Gasteiger charge is 2.29. The fourth-order valence-electron chi connectivity index (χ4n) is 2.24. The van der Waals surface area contributed by atoms with Crippen molar-refractivity contribution < 1.29 is 9.90 Å². The second kappa shape index (κ2) is 7.24. The molecule has 4 nitrogen and oxygen atoms in total. The van der Waals surface area contributed by atoms with Crippen molar-refractivity contribution in [3.8, 4) is 0 Å². The Bertz CT molecular complexity index is 247. The van der Waals surface area contributed by atoms with Gasteiger partial charge in [0.2, 0.25) is 5.91 Å². The lowest BCUT2D eigenvalue weighted by Gasteiger charge is -2.31. The average molecular weight is 260 g/mol. The number of hydrogen-bond acceptors (Lipinski definition) is 4. The number of nitrogens with one attached hydrogen (secondary N) is 2. The zero-order valence-corrected chi connectivity index (χ0v) is 11.7. The molecule has 100 valence electrons. The number of thioether (sulfide) groups is 1. The summed E-state index contributed by atoms with van der Waals surface area (Å²) >= 11 is 1.58. The van der Waals surface area contributed by atoms with E-state index in [4.69, 9.17) is 0 Å². The van der Waals surface area contributed by atoms with Gasteiger partial charge < -0.3 is 15.7 Å². The molecule has 5 heteroatoms. The van der Waals surface area contributed by atoms with Crippen LogP contribution in [-0.4, -0.2) is 47.8 Å². The first-order valence-electron chi connectivity index (χ1n) is 6.27. The van der Waals surface area contributed by atoms with Crippen LogP contribution in [0.3, 0.4) is 0 Å². The normalized spacial score (nSPS) is 28.5. The van der Waals surface area contributed by atoms with Crippen LogP contribution in [0.1, 0.15) is 26.7 Å². The fourth-order valence-corrected chi connectivity index (χ4v) is 2.87. The van der Waals surface area contributed by atoms with Gasteiger partial charge in [-0.2, -0.15) is 11.8 Å². The third kappa shape index (κ3) is 4.16. The van der Waals surface area contributed by atoms with E-state index in [1.165, 1.54) is 0 Å². The Hall–Kier alpha value is -0.260. The fraction of sp³-hybridized carbons (Fsp3) is 0.917. The minimum Gasteiger partial charge on any atom is -0.395 e. The second-order valence-corrected chi connectivity index (χ2v) is 5.88. The average Bonchev–Trinajstić information content (AvgIpc) is 2.31. The summed E-state index contributed by atoms with van der Waals surface area (Å²) in [6, 6.07) is -0.0779. The number of carbonyl (C=O) groups is 1. The maximum atomic E-state index is 12.1. The predicted molar refractivity (Wildman–Crippen MR) is 72.2 cm³/mol. The highest BCUT2D eigenvalue weighted by Crippen LogP contribution is 2.16. The van der Waals surface area contributed by atoms with E-state index in [1.54, 1.807) is 11.8 Å². The van der Waals surface area contributed by atoms with Crippen molar-refractivity contribution in [2.45, 2.75) is 44.0 Å². The van der Waals surface area contributed by atoms with Crippen LogP contribution in [-0.2, 0) is 4.79 Å². The van der Waals surface area contributed by atoms with Crippen molar-refractivity contribution in [2.24, 2.45) is 5.92 Å². The Morgan fingerprint density at radius 1 is 1.65 bits per heavy atom. The molecule has 1 aliphatic rings. The highest BCUT2D eigenvalue weighted by molar-refractivity contribution is 7.99. The summed E-state index contributed by atoms with van der Waals surface area (Å²) in [5.74, 6) is 0.454. The lowest BCUT2D eigenvalue weighted by Crippen LogP contribution is -2.54. The van der Waals surface area contributed by atoms with E-state index in [-0.39, 0.29) is 29.8 Å². The maximum Gasteiger partial charge on any atom is 0.237 e. The number of hydrogen-bond donors (Lipinski definition) is 3. The predicted octanol–water partition coefficient (Wildman–Crippen LogP) is 0.603. The first kappa shape index (κ1) is 14.8. The number of amides is 1. The van der Waals surface area contributed by atoms with Gasteiger partial charge in [-0.15, -0.1) is 0 Å². The number of aliphatic hydroxyl groups excluding tert-OH is 1. The van der Waals surface area contributed by atoms with Gasteiger partial charge in [0, 0.05) is 11.3 Å². The minimum atomic E-state index is -0.0765. The molecule has 0 radical (unpaired) electrons. The molecule has 3 N–H and O–H groups in total. The molecule has 0 aromatic carbocycles. The van der Waals surface area contributed by atoms with Crippen LogP contribution >= 0.6 is 11.8 Å². The quantitative estimate of drug-likeness (QED) is 0.677. The van der Waals surface area contributed by atoms with E-state index in [2.05, 4.69) is 17.6 Å². The van der Waals surface area contributed by atoms with Crippen molar-refractivity contribution in [1.82, 2.24) is 10.6 Å². The monoisotopic (exact) mass is 260 g/mol. The summed E-state index contributed by atoms with van der Waals surface area (Å²) in [6.07, 6.45) is 4.20. The van der Waals surface area contributed by atoms with E-state index < -0.39 is 0 Å². The standard InChI is InChI=1S/C12H24N2O2S/c1-8-5-4-6-13-11(8)12(16)14-9(2)10(7-15)17-3/h8-11,13,15H,4-7H2,1-3H3,(H,14,16). The molecule has 17 heavy (non-hydrogen) atoms. The van der Waals surface area contributed by atoms with E-state index in [0.717, 1.165) is 19.4 Å². The Balaban J connectivity index is 2.47. The molecule has 4 atom stereocenters. The van der Waals surface area contributed by atoms with Crippen LogP contribution < -0.4 is 10.6 Å². The van der Waals surface area contributed by atoms with Gasteiger partial charge in [-0.05, 0) is 38.5 Å². The molecular formula is C12H24N2O2S. The minimum absolute atomic E-state index is 0.00146. The van der Waals surface area contributed by atoms with Gasteiger partial charge in [0.05, 0.1) is 12.6 Å². The van der Waals surface area contributed by atoms with E-state index in [1.807, 2.05) is 13.2 Å². The van der Waals surface area contributed by atoms with Crippen molar-refractivity contribution in [3.05, 3.63) is 0 Å². The smallest absolute Gasteiger partial charge is 0.237 e. The molecule has 1 aliphatic heterocycles. The summed E-state index contributed by atoms with van der Waals surface area (Å²) in [4.78, 5) is 12.1. The summed E-state index contributed by atoms with van der Waals surface area (Å²) < 4.78 is 0. The van der Waals surface area contributed by atoms with Gasteiger partial charge in [-0.3, -0.25) is 4.79 Å². The van der Waals surface area contributed by atoms with Crippen molar-refractivity contribution in [1.29, 1.82) is 0 Å². The lowest BCUT2D eigenvalue weighted by molar-refractivity contribution is -0.125. The van der Waals surface area contributed by atoms with E-state index in [9.17, 15) is 9.90 Å². The van der Waals surface area contributed by atoms with Gasteiger partial charge >= 0.3 is 0 Å². The summed E-state index contributed by atoms with van der Waals surface area (Å²) in [5.41, 5.74) is 0. The molecule has 1 fully saturated rings. The SMILES string of the molecule is CSC(CO)C(C)NC(=O)C1NCCCC1C. The van der Waals surface area contributed by atoms with Gasteiger partial charge in [-0.1, -0.05) is 6.92 Å². The summed E-state index contributed by atoms with van der Waals surface area (Å²) in [6.45, 7) is 5.07. The van der Waals surface area contributed by atoms with Crippen LogP contribution in [0.2, 0.25) is 0 Å². The van der Waals surface area contributed by atoms with Gasteiger partial charge in [0.25, 0.3) is 0 Å². The molecule has 0 aliphatic carbocycles. The molecule has 1 amide bonds. The topological polar surface area (TPSA) is 61.4 Å². The molecule has 0 saturated carbocycles. The summed E-state index contributed by atoms with van der Waals surface area (Å²) in [7, 11) is 0. The zero-order chi connectivity index (χ0) is 12.8. The van der Waals surface area contributed by atoms with Crippen LogP contribution in [0.4, 0.5) is 0 Å². The number of carbonyl (C=O) groups excluding carboxylic acids is 1. The first-order chi connectivity index (χ1) is 8.10. The van der Waals surface area contributed by atoms with Crippen molar-refractivity contribution >= 4 is 17.7 Å². The third-order valence-corrected chi connectivity index (χ3v) is 4.63. The highest BCUT2D eigenvalue weighted by atomic mass is 32.2. The zero-order valence-electron chi connectivity index (χ0n) is 10.9. The molecule has 0 bridgehead atoms. The van der Waals surface area contributed by atoms with Gasteiger partial charge in [0.1, 0.15) is 0 Å². The molecule has 1 saturated heterocycles. The second-order valence-electron chi connectivity index (χ2n) is 4.81. The van der Waals surface area contributed by atoms with Crippen LogP contribution in [0.15, 0.2) is 0 Å².